The first-order valence-electron chi connectivity index (χ1n) is 8.72. The fourth-order valence-corrected chi connectivity index (χ4v) is 4.11. The standard InChI is InChI=1S/C18H20FN5O2S/c1-12-16(13(2)26-22-12)11-27-18-21-20-17(23-6-8-25-9-7-23)24(18)15-5-3-4-14(19)10-15/h3-5,10H,6-9,11H2,1-2H3. The molecule has 142 valence electrons. The summed E-state index contributed by atoms with van der Waals surface area (Å²) < 4.78 is 26.4. The van der Waals surface area contributed by atoms with Crippen LogP contribution in [0.15, 0.2) is 33.9 Å². The first-order valence-corrected chi connectivity index (χ1v) is 9.70. The van der Waals surface area contributed by atoms with Gasteiger partial charge in [-0.1, -0.05) is 23.0 Å². The van der Waals surface area contributed by atoms with Gasteiger partial charge in [0, 0.05) is 24.4 Å². The lowest BCUT2D eigenvalue weighted by molar-refractivity contribution is 0.122. The number of aromatic nitrogens is 4. The van der Waals surface area contributed by atoms with E-state index >= 15 is 0 Å². The third-order valence-corrected chi connectivity index (χ3v) is 5.46. The second kappa shape index (κ2) is 7.69. The van der Waals surface area contributed by atoms with Crippen LogP contribution in [-0.2, 0) is 10.5 Å². The van der Waals surface area contributed by atoms with Crippen molar-refractivity contribution >= 4 is 17.7 Å². The number of aryl methyl sites for hydroxylation is 2. The van der Waals surface area contributed by atoms with Crippen LogP contribution in [0.25, 0.3) is 5.69 Å². The predicted octanol–water partition coefficient (Wildman–Crippen LogP) is 3.14. The number of anilines is 1. The van der Waals surface area contributed by atoms with Crippen LogP contribution in [0.4, 0.5) is 10.3 Å². The second-order valence-corrected chi connectivity index (χ2v) is 7.23. The zero-order chi connectivity index (χ0) is 18.8. The fourth-order valence-electron chi connectivity index (χ4n) is 3.01. The van der Waals surface area contributed by atoms with Gasteiger partial charge >= 0.3 is 0 Å². The van der Waals surface area contributed by atoms with E-state index in [1.165, 1.54) is 23.9 Å². The molecule has 0 atom stereocenters. The van der Waals surface area contributed by atoms with Crippen LogP contribution in [0.1, 0.15) is 17.0 Å². The third kappa shape index (κ3) is 3.70. The number of rotatable bonds is 5. The van der Waals surface area contributed by atoms with Crippen LogP contribution in [0.2, 0.25) is 0 Å². The number of halogens is 1. The molecule has 4 rings (SSSR count). The molecule has 3 aromatic rings. The number of morpholine rings is 1. The van der Waals surface area contributed by atoms with Crippen LogP contribution in [0.3, 0.4) is 0 Å². The van der Waals surface area contributed by atoms with Crippen molar-refractivity contribution in [3.8, 4) is 5.69 Å². The van der Waals surface area contributed by atoms with E-state index in [1.807, 2.05) is 24.5 Å². The Morgan fingerprint density at radius 1 is 1.19 bits per heavy atom. The van der Waals surface area contributed by atoms with Crippen LogP contribution in [-0.4, -0.2) is 46.2 Å². The molecular weight excluding hydrogens is 369 g/mol. The van der Waals surface area contributed by atoms with E-state index in [0.29, 0.717) is 35.8 Å². The Morgan fingerprint density at radius 3 is 2.70 bits per heavy atom. The number of nitrogens with zero attached hydrogens (tertiary/aromatic N) is 5. The quantitative estimate of drug-likeness (QED) is 0.621. The Morgan fingerprint density at radius 2 is 2.00 bits per heavy atom. The summed E-state index contributed by atoms with van der Waals surface area (Å²) in [4.78, 5) is 2.11. The Hall–Kier alpha value is -2.39. The molecule has 1 aliphatic heterocycles. The Labute approximate surface area is 160 Å². The summed E-state index contributed by atoms with van der Waals surface area (Å²) >= 11 is 1.53. The molecule has 0 aliphatic carbocycles. The van der Waals surface area contributed by atoms with Gasteiger partial charge in [-0.3, -0.25) is 4.57 Å². The highest BCUT2D eigenvalue weighted by Gasteiger charge is 2.22. The average Bonchev–Trinajstić information content (AvgIpc) is 3.24. The van der Waals surface area contributed by atoms with Crippen molar-refractivity contribution in [1.82, 2.24) is 19.9 Å². The van der Waals surface area contributed by atoms with E-state index in [0.717, 1.165) is 30.1 Å². The molecule has 0 unspecified atom stereocenters. The molecule has 9 heteroatoms. The predicted molar refractivity (Wildman–Crippen MR) is 99.9 cm³/mol. The summed E-state index contributed by atoms with van der Waals surface area (Å²) in [5, 5.41) is 13.5. The van der Waals surface area contributed by atoms with E-state index in [9.17, 15) is 4.39 Å². The topological polar surface area (TPSA) is 69.2 Å². The molecule has 1 aliphatic rings. The maximum atomic E-state index is 13.9. The van der Waals surface area contributed by atoms with E-state index in [4.69, 9.17) is 9.26 Å². The van der Waals surface area contributed by atoms with Crippen molar-refractivity contribution in [1.29, 1.82) is 0 Å². The number of hydrogen-bond acceptors (Lipinski definition) is 7. The first kappa shape index (κ1) is 18.0. The number of ether oxygens (including phenoxy) is 1. The molecule has 1 aromatic carbocycles. The van der Waals surface area contributed by atoms with Crippen molar-refractivity contribution in [2.75, 3.05) is 31.2 Å². The van der Waals surface area contributed by atoms with Gasteiger partial charge in [-0.25, -0.2) is 4.39 Å². The van der Waals surface area contributed by atoms with Crippen LogP contribution < -0.4 is 4.90 Å². The molecule has 0 N–H and O–H groups in total. The van der Waals surface area contributed by atoms with Gasteiger partial charge in [0.05, 0.1) is 24.6 Å². The van der Waals surface area contributed by atoms with E-state index in [2.05, 4.69) is 20.3 Å². The molecule has 27 heavy (non-hydrogen) atoms. The van der Waals surface area contributed by atoms with Crippen LogP contribution >= 0.6 is 11.8 Å². The van der Waals surface area contributed by atoms with E-state index < -0.39 is 0 Å². The highest BCUT2D eigenvalue weighted by atomic mass is 32.2. The minimum Gasteiger partial charge on any atom is -0.378 e. The van der Waals surface area contributed by atoms with Gasteiger partial charge in [0.25, 0.3) is 0 Å². The van der Waals surface area contributed by atoms with Crippen molar-refractivity contribution in [3.63, 3.8) is 0 Å². The maximum Gasteiger partial charge on any atom is 0.232 e. The molecular formula is C18H20FN5O2S. The Bertz CT molecular complexity index is 916. The average molecular weight is 389 g/mol. The molecule has 0 bridgehead atoms. The lowest BCUT2D eigenvalue weighted by Crippen LogP contribution is -2.37. The molecule has 0 radical (unpaired) electrons. The van der Waals surface area contributed by atoms with Crippen LogP contribution in [0.5, 0.6) is 0 Å². The molecule has 2 aromatic heterocycles. The monoisotopic (exact) mass is 389 g/mol. The zero-order valence-electron chi connectivity index (χ0n) is 15.2. The number of benzene rings is 1. The maximum absolute atomic E-state index is 13.9. The highest BCUT2D eigenvalue weighted by Crippen LogP contribution is 2.30. The summed E-state index contributed by atoms with van der Waals surface area (Å²) in [5.41, 5.74) is 2.61. The minimum atomic E-state index is -0.296. The van der Waals surface area contributed by atoms with E-state index in [1.54, 1.807) is 6.07 Å². The molecule has 7 nitrogen and oxygen atoms in total. The minimum absolute atomic E-state index is 0.296. The SMILES string of the molecule is Cc1noc(C)c1CSc1nnc(N2CCOCC2)n1-c1cccc(F)c1. The van der Waals surface area contributed by atoms with Gasteiger partial charge in [0.1, 0.15) is 11.6 Å². The fraction of sp³-hybridized carbons (Fsp3) is 0.389. The smallest absolute Gasteiger partial charge is 0.232 e. The number of thioether (sulfide) groups is 1. The molecule has 0 spiro atoms. The van der Waals surface area contributed by atoms with Crippen LogP contribution in [0, 0.1) is 19.7 Å². The number of hydrogen-bond donors (Lipinski definition) is 0. The van der Waals surface area contributed by atoms with Gasteiger partial charge in [-0.2, -0.15) is 0 Å². The lowest BCUT2D eigenvalue weighted by atomic mass is 10.2. The molecule has 1 fully saturated rings. The highest BCUT2D eigenvalue weighted by molar-refractivity contribution is 7.98. The summed E-state index contributed by atoms with van der Waals surface area (Å²) in [6, 6.07) is 6.47. The Balaban J connectivity index is 1.69. The summed E-state index contributed by atoms with van der Waals surface area (Å²) in [6.07, 6.45) is 0. The summed E-state index contributed by atoms with van der Waals surface area (Å²) in [5.74, 6) is 1.85. The molecule has 1 saturated heterocycles. The van der Waals surface area contributed by atoms with Crippen molar-refractivity contribution < 1.29 is 13.7 Å². The normalized spacial score (nSPS) is 14.7. The van der Waals surface area contributed by atoms with Crippen molar-refractivity contribution in [2.24, 2.45) is 0 Å². The molecule has 3 heterocycles. The van der Waals surface area contributed by atoms with Gasteiger partial charge in [0.15, 0.2) is 5.16 Å². The summed E-state index contributed by atoms with van der Waals surface area (Å²) in [6.45, 7) is 6.54. The lowest BCUT2D eigenvalue weighted by Gasteiger charge is -2.27. The first-order chi connectivity index (χ1) is 13.1. The van der Waals surface area contributed by atoms with Crippen molar-refractivity contribution in [3.05, 3.63) is 47.1 Å². The van der Waals surface area contributed by atoms with Gasteiger partial charge < -0.3 is 14.2 Å². The summed E-state index contributed by atoms with van der Waals surface area (Å²) in [7, 11) is 0. The van der Waals surface area contributed by atoms with Gasteiger partial charge in [-0.15, -0.1) is 10.2 Å². The zero-order valence-corrected chi connectivity index (χ0v) is 16.0. The van der Waals surface area contributed by atoms with Crippen molar-refractivity contribution in [2.45, 2.75) is 24.8 Å². The van der Waals surface area contributed by atoms with Gasteiger partial charge in [0.2, 0.25) is 5.95 Å². The third-order valence-electron chi connectivity index (χ3n) is 4.50. The van der Waals surface area contributed by atoms with Gasteiger partial charge in [-0.05, 0) is 32.0 Å². The second-order valence-electron chi connectivity index (χ2n) is 6.29. The Kier molecular flexibility index (Phi) is 5.13. The largest absolute Gasteiger partial charge is 0.378 e. The molecule has 0 amide bonds. The molecule has 0 saturated carbocycles. The van der Waals surface area contributed by atoms with E-state index in [-0.39, 0.29) is 5.82 Å².